The lowest BCUT2D eigenvalue weighted by atomic mass is 10.1. The molecule has 116 valence electrons. The molecule has 2 aliphatic heterocycles. The van der Waals surface area contributed by atoms with Crippen LogP contribution in [0.25, 0.3) is 0 Å². The maximum atomic E-state index is 12.2. The highest BCUT2D eigenvalue weighted by Crippen LogP contribution is 2.33. The number of aryl methyl sites for hydroxylation is 2. The molecule has 2 saturated heterocycles. The maximum absolute atomic E-state index is 12.2. The molecule has 21 heavy (non-hydrogen) atoms. The first-order chi connectivity index (χ1) is 10.1. The van der Waals surface area contributed by atoms with Crippen molar-refractivity contribution in [2.45, 2.75) is 45.3 Å². The van der Waals surface area contributed by atoms with Crippen LogP contribution in [-0.4, -0.2) is 54.6 Å². The zero-order valence-electron chi connectivity index (χ0n) is 13.1. The van der Waals surface area contributed by atoms with Crippen molar-refractivity contribution < 1.29 is 13.9 Å². The normalized spacial score (nSPS) is 25.9. The average Bonchev–Trinajstić information content (AvgIpc) is 3.05. The average molecular weight is 292 g/mol. The molecule has 0 aromatic carbocycles. The Hall–Kier alpha value is -1.33. The summed E-state index contributed by atoms with van der Waals surface area (Å²) in [5, 5.41) is 0. The van der Waals surface area contributed by atoms with Gasteiger partial charge in [-0.25, -0.2) is 0 Å². The zero-order valence-corrected chi connectivity index (χ0v) is 13.1. The van der Waals surface area contributed by atoms with Gasteiger partial charge in [-0.3, -0.25) is 9.69 Å². The smallest absolute Gasteiger partial charge is 0.224 e. The number of rotatable bonds is 5. The fourth-order valence-electron chi connectivity index (χ4n) is 3.61. The Labute approximate surface area is 125 Å². The van der Waals surface area contributed by atoms with Gasteiger partial charge in [0.15, 0.2) is 0 Å². The van der Waals surface area contributed by atoms with E-state index in [1.807, 2.05) is 11.8 Å². The maximum Gasteiger partial charge on any atom is 0.224 e. The molecule has 3 rings (SSSR count). The lowest BCUT2D eigenvalue weighted by Gasteiger charge is -2.24. The summed E-state index contributed by atoms with van der Waals surface area (Å²) in [6, 6.07) is 2.80. The second kappa shape index (κ2) is 5.81. The summed E-state index contributed by atoms with van der Waals surface area (Å²) in [6.07, 6.45) is 1.69. The number of hydrogen-bond acceptors (Lipinski definition) is 4. The minimum absolute atomic E-state index is 0.263. The number of nitrogens with zero attached hydrogens (tertiary/aromatic N) is 2. The molecular formula is C16H24N2O3. The lowest BCUT2D eigenvalue weighted by molar-refractivity contribution is -0.129. The molecule has 1 aromatic rings. The van der Waals surface area contributed by atoms with Crippen molar-refractivity contribution in [1.82, 2.24) is 9.80 Å². The van der Waals surface area contributed by atoms with Crippen LogP contribution in [-0.2, 0) is 16.1 Å². The van der Waals surface area contributed by atoms with Crippen LogP contribution in [0.2, 0.25) is 0 Å². The molecule has 5 nitrogen and oxygen atoms in total. The second-order valence-corrected chi connectivity index (χ2v) is 6.13. The molecule has 1 aromatic heterocycles. The van der Waals surface area contributed by atoms with Crippen molar-refractivity contribution in [1.29, 1.82) is 0 Å². The minimum Gasteiger partial charge on any atom is -0.465 e. The largest absolute Gasteiger partial charge is 0.465 e. The van der Waals surface area contributed by atoms with E-state index >= 15 is 0 Å². The summed E-state index contributed by atoms with van der Waals surface area (Å²) < 4.78 is 10.9. The van der Waals surface area contributed by atoms with Crippen molar-refractivity contribution >= 4 is 5.91 Å². The van der Waals surface area contributed by atoms with Gasteiger partial charge >= 0.3 is 0 Å². The third-order valence-electron chi connectivity index (χ3n) is 4.84. The van der Waals surface area contributed by atoms with E-state index in [9.17, 15) is 4.79 Å². The zero-order chi connectivity index (χ0) is 15.0. The highest BCUT2D eigenvalue weighted by molar-refractivity contribution is 5.80. The van der Waals surface area contributed by atoms with Gasteiger partial charge in [0, 0.05) is 38.7 Å². The van der Waals surface area contributed by atoms with Crippen molar-refractivity contribution in [2.75, 3.05) is 26.8 Å². The van der Waals surface area contributed by atoms with Gasteiger partial charge in [0.25, 0.3) is 0 Å². The Bertz CT molecular complexity index is 506. The van der Waals surface area contributed by atoms with Gasteiger partial charge in [-0.2, -0.15) is 0 Å². The van der Waals surface area contributed by atoms with Crippen LogP contribution in [0.1, 0.15) is 29.9 Å². The van der Waals surface area contributed by atoms with Crippen LogP contribution in [0, 0.1) is 13.8 Å². The van der Waals surface area contributed by atoms with E-state index in [1.54, 1.807) is 7.11 Å². The molecule has 0 saturated carbocycles. The van der Waals surface area contributed by atoms with E-state index < -0.39 is 0 Å². The van der Waals surface area contributed by atoms with Crippen LogP contribution >= 0.6 is 0 Å². The first-order valence-corrected chi connectivity index (χ1v) is 7.68. The van der Waals surface area contributed by atoms with Gasteiger partial charge in [-0.1, -0.05) is 0 Å². The molecule has 0 radical (unpaired) electrons. The molecule has 0 bridgehead atoms. The number of likely N-dealkylation sites (tertiary alicyclic amines) is 2. The van der Waals surface area contributed by atoms with Gasteiger partial charge in [-0.15, -0.1) is 0 Å². The van der Waals surface area contributed by atoms with Crippen molar-refractivity contribution in [2.24, 2.45) is 0 Å². The number of fused-ring (bicyclic) bond motifs is 1. The molecule has 2 atom stereocenters. The summed E-state index contributed by atoms with van der Waals surface area (Å²) in [4.78, 5) is 16.6. The highest BCUT2D eigenvalue weighted by atomic mass is 16.5. The Morgan fingerprint density at radius 1 is 1.38 bits per heavy atom. The number of hydrogen-bond donors (Lipinski definition) is 0. The van der Waals surface area contributed by atoms with Crippen LogP contribution in [0.3, 0.4) is 0 Å². The molecule has 3 heterocycles. The SMILES string of the molecule is COCCN1C(=O)C[C@@H]2[C@@H]1CCN2Cc1cc(C)c(C)o1. The van der Waals surface area contributed by atoms with Gasteiger partial charge in [0.05, 0.1) is 13.2 Å². The van der Waals surface area contributed by atoms with Crippen LogP contribution in [0.5, 0.6) is 0 Å². The first kappa shape index (κ1) is 14.6. The van der Waals surface area contributed by atoms with E-state index in [-0.39, 0.29) is 5.91 Å². The third kappa shape index (κ3) is 2.72. The molecule has 0 spiro atoms. The number of carbonyl (C=O) groups is 1. The third-order valence-corrected chi connectivity index (χ3v) is 4.84. The van der Waals surface area contributed by atoms with Crippen LogP contribution in [0.15, 0.2) is 10.5 Å². The Morgan fingerprint density at radius 3 is 2.86 bits per heavy atom. The molecule has 2 fully saturated rings. The highest BCUT2D eigenvalue weighted by Gasteiger charge is 2.46. The second-order valence-electron chi connectivity index (χ2n) is 6.13. The van der Waals surface area contributed by atoms with Crippen molar-refractivity contribution in [3.63, 3.8) is 0 Å². The first-order valence-electron chi connectivity index (χ1n) is 7.68. The van der Waals surface area contributed by atoms with Crippen molar-refractivity contribution in [3.8, 4) is 0 Å². The monoisotopic (exact) mass is 292 g/mol. The minimum atomic E-state index is 0.263. The lowest BCUT2D eigenvalue weighted by Crippen LogP contribution is -2.38. The van der Waals surface area contributed by atoms with E-state index in [4.69, 9.17) is 9.15 Å². The predicted octanol–water partition coefficient (Wildman–Crippen LogP) is 1.72. The standard InChI is InChI=1S/C16H24N2O3/c1-11-8-13(21-12(11)2)10-17-5-4-14-15(17)9-16(19)18(14)6-7-20-3/h8,14-15H,4-7,9-10H2,1-3H3/t14-,15+/m0/s1. The van der Waals surface area contributed by atoms with E-state index in [0.717, 1.165) is 31.0 Å². The topological polar surface area (TPSA) is 45.9 Å². The number of ether oxygens (including phenoxy) is 1. The van der Waals surface area contributed by atoms with E-state index in [0.29, 0.717) is 31.7 Å². The molecule has 0 aliphatic carbocycles. The van der Waals surface area contributed by atoms with Crippen LogP contribution in [0.4, 0.5) is 0 Å². The summed E-state index contributed by atoms with van der Waals surface area (Å²) in [5.41, 5.74) is 1.20. The van der Waals surface area contributed by atoms with E-state index in [2.05, 4.69) is 17.9 Å². The van der Waals surface area contributed by atoms with Gasteiger partial charge in [0.2, 0.25) is 5.91 Å². The van der Waals surface area contributed by atoms with Gasteiger partial charge in [0.1, 0.15) is 11.5 Å². The summed E-state index contributed by atoms with van der Waals surface area (Å²) in [5.74, 6) is 2.26. The van der Waals surface area contributed by atoms with Gasteiger partial charge in [-0.05, 0) is 31.9 Å². The number of carbonyl (C=O) groups excluding carboxylic acids is 1. The number of furan rings is 1. The Morgan fingerprint density at radius 2 is 2.19 bits per heavy atom. The summed E-state index contributed by atoms with van der Waals surface area (Å²) in [7, 11) is 1.68. The summed E-state index contributed by atoms with van der Waals surface area (Å²) in [6.45, 7) is 7.23. The Kier molecular flexibility index (Phi) is 4.04. The van der Waals surface area contributed by atoms with Crippen molar-refractivity contribution in [3.05, 3.63) is 23.2 Å². The van der Waals surface area contributed by atoms with Gasteiger partial charge < -0.3 is 14.1 Å². The molecule has 0 unspecified atom stereocenters. The van der Waals surface area contributed by atoms with E-state index in [1.165, 1.54) is 5.56 Å². The quantitative estimate of drug-likeness (QED) is 0.829. The van der Waals surface area contributed by atoms with Crippen LogP contribution < -0.4 is 0 Å². The fourth-order valence-corrected chi connectivity index (χ4v) is 3.61. The molecule has 1 amide bonds. The Balaban J connectivity index is 1.66. The molecular weight excluding hydrogens is 268 g/mol. The fraction of sp³-hybridized carbons (Fsp3) is 0.688. The molecule has 0 N–H and O–H groups in total. The molecule has 2 aliphatic rings. The predicted molar refractivity (Wildman–Crippen MR) is 79.0 cm³/mol. The number of methoxy groups -OCH3 is 1. The molecule has 5 heteroatoms. The summed E-state index contributed by atoms with van der Waals surface area (Å²) >= 11 is 0. The number of amides is 1.